The average molecular weight is 383 g/mol. The van der Waals surface area contributed by atoms with Crippen molar-refractivity contribution in [1.82, 2.24) is 15.1 Å². The Morgan fingerprint density at radius 2 is 1.68 bits per heavy atom. The van der Waals surface area contributed by atoms with Crippen LogP contribution in [0.25, 0.3) is 0 Å². The molecule has 1 saturated carbocycles. The number of carbonyl (C=O) groups excluding carboxylic acids is 2. The van der Waals surface area contributed by atoms with Crippen LogP contribution in [0.5, 0.6) is 11.5 Å². The van der Waals surface area contributed by atoms with Crippen LogP contribution in [0.15, 0.2) is 18.2 Å². The molecular formula is C21H25N3O4. The van der Waals surface area contributed by atoms with E-state index in [9.17, 15) is 9.59 Å². The predicted octanol–water partition coefficient (Wildman–Crippen LogP) is 1.95. The molecule has 7 nitrogen and oxygen atoms in total. The second kappa shape index (κ2) is 8.42. The van der Waals surface area contributed by atoms with E-state index in [0.29, 0.717) is 49.3 Å². The summed E-state index contributed by atoms with van der Waals surface area (Å²) >= 11 is 0. The minimum atomic E-state index is -0.218. The van der Waals surface area contributed by atoms with Crippen LogP contribution in [-0.4, -0.2) is 60.8 Å². The maximum absolute atomic E-state index is 12.4. The van der Waals surface area contributed by atoms with Crippen LogP contribution in [0, 0.1) is 11.8 Å². The van der Waals surface area contributed by atoms with Crippen LogP contribution >= 0.6 is 0 Å². The number of ether oxygens (including phenoxy) is 2. The molecule has 0 aromatic heterocycles. The smallest absolute Gasteiger partial charge is 0.317 e. The molecule has 3 aliphatic rings. The number of nitrogens with one attached hydrogen (secondary N) is 1. The summed E-state index contributed by atoms with van der Waals surface area (Å²) in [5, 5.41) is 3.13. The van der Waals surface area contributed by atoms with Gasteiger partial charge in [0.2, 0.25) is 6.79 Å². The standard InChI is InChI=1S/C21H25N3O4/c25-20(9-7-16-6-8-18-19(14-16)28-15-27-18)23-10-12-24(13-11-23)21(26)22-17-4-2-1-3-5-17/h6,8,14,17H,1-5,10-13,15H2,(H,22,26). The largest absolute Gasteiger partial charge is 0.454 e. The van der Waals surface area contributed by atoms with Gasteiger partial charge in [-0.2, -0.15) is 0 Å². The number of urea groups is 1. The summed E-state index contributed by atoms with van der Waals surface area (Å²) in [7, 11) is 0. The van der Waals surface area contributed by atoms with Crippen molar-refractivity contribution in [3.63, 3.8) is 0 Å². The molecule has 3 amide bonds. The molecule has 4 rings (SSSR count). The van der Waals surface area contributed by atoms with E-state index in [1.54, 1.807) is 28.0 Å². The highest BCUT2D eigenvalue weighted by molar-refractivity contribution is 5.94. The zero-order chi connectivity index (χ0) is 19.3. The van der Waals surface area contributed by atoms with Crippen molar-refractivity contribution in [2.45, 2.75) is 38.1 Å². The lowest BCUT2D eigenvalue weighted by atomic mass is 9.96. The van der Waals surface area contributed by atoms with Crippen LogP contribution in [0.3, 0.4) is 0 Å². The first-order chi connectivity index (χ1) is 13.7. The molecule has 0 atom stereocenters. The Bertz CT molecular complexity index is 800. The van der Waals surface area contributed by atoms with Gasteiger partial charge in [-0.15, -0.1) is 0 Å². The van der Waals surface area contributed by atoms with Gasteiger partial charge in [-0.05, 0) is 31.0 Å². The molecule has 1 aromatic rings. The number of rotatable bonds is 1. The summed E-state index contributed by atoms with van der Waals surface area (Å²) in [6.45, 7) is 2.30. The first kappa shape index (κ1) is 18.5. The van der Waals surface area contributed by atoms with Gasteiger partial charge in [-0.25, -0.2) is 4.79 Å². The number of piperazine rings is 1. The third-order valence-corrected chi connectivity index (χ3v) is 5.47. The zero-order valence-corrected chi connectivity index (χ0v) is 15.9. The fourth-order valence-corrected chi connectivity index (χ4v) is 3.80. The molecule has 148 valence electrons. The van der Waals surface area contributed by atoms with E-state index in [4.69, 9.17) is 9.47 Å². The molecule has 1 N–H and O–H groups in total. The third-order valence-electron chi connectivity index (χ3n) is 5.47. The van der Waals surface area contributed by atoms with Crippen LogP contribution < -0.4 is 14.8 Å². The Labute approximate surface area is 165 Å². The highest BCUT2D eigenvalue weighted by atomic mass is 16.7. The van der Waals surface area contributed by atoms with E-state index < -0.39 is 0 Å². The molecule has 7 heteroatoms. The van der Waals surface area contributed by atoms with Crippen molar-refractivity contribution in [2.75, 3.05) is 33.0 Å². The Morgan fingerprint density at radius 3 is 2.46 bits per heavy atom. The lowest BCUT2D eigenvalue weighted by molar-refractivity contribution is -0.126. The minimum Gasteiger partial charge on any atom is -0.454 e. The van der Waals surface area contributed by atoms with Gasteiger partial charge in [0.25, 0.3) is 5.91 Å². The van der Waals surface area contributed by atoms with Crippen molar-refractivity contribution in [3.05, 3.63) is 23.8 Å². The topological polar surface area (TPSA) is 71.1 Å². The lowest BCUT2D eigenvalue weighted by Gasteiger charge is -2.35. The normalized spacial score (nSPS) is 19.0. The molecule has 28 heavy (non-hydrogen) atoms. The Balaban J connectivity index is 1.26. The molecule has 0 radical (unpaired) electrons. The Hall–Kier alpha value is -2.88. The molecule has 0 bridgehead atoms. The first-order valence-electron chi connectivity index (χ1n) is 9.95. The number of amides is 3. The van der Waals surface area contributed by atoms with E-state index in [1.165, 1.54) is 19.3 Å². The molecule has 2 fully saturated rings. The van der Waals surface area contributed by atoms with Gasteiger partial charge >= 0.3 is 6.03 Å². The van der Waals surface area contributed by atoms with Crippen molar-refractivity contribution in [1.29, 1.82) is 0 Å². The molecule has 1 saturated heterocycles. The van der Waals surface area contributed by atoms with Crippen molar-refractivity contribution in [2.24, 2.45) is 0 Å². The number of fused-ring (bicyclic) bond motifs is 1. The number of nitrogens with zero attached hydrogens (tertiary/aromatic N) is 2. The average Bonchev–Trinajstić information content (AvgIpc) is 3.21. The fourth-order valence-electron chi connectivity index (χ4n) is 3.80. The lowest BCUT2D eigenvalue weighted by Crippen LogP contribution is -2.54. The highest BCUT2D eigenvalue weighted by Gasteiger charge is 2.25. The van der Waals surface area contributed by atoms with Gasteiger partial charge in [0.15, 0.2) is 11.5 Å². The quantitative estimate of drug-likeness (QED) is 0.753. The zero-order valence-electron chi connectivity index (χ0n) is 15.9. The first-order valence-corrected chi connectivity index (χ1v) is 9.95. The summed E-state index contributed by atoms with van der Waals surface area (Å²) in [6.07, 6.45) is 5.78. The maximum atomic E-state index is 12.4. The third kappa shape index (κ3) is 4.33. The number of carbonyl (C=O) groups is 2. The molecule has 0 unspecified atom stereocenters. The van der Waals surface area contributed by atoms with Crippen molar-refractivity contribution >= 4 is 11.9 Å². The van der Waals surface area contributed by atoms with Gasteiger partial charge in [-0.1, -0.05) is 25.2 Å². The van der Waals surface area contributed by atoms with E-state index >= 15 is 0 Å². The molecule has 2 heterocycles. The predicted molar refractivity (Wildman–Crippen MR) is 103 cm³/mol. The summed E-state index contributed by atoms with van der Waals surface area (Å²) in [5.74, 6) is 6.71. The number of hydrogen-bond donors (Lipinski definition) is 1. The van der Waals surface area contributed by atoms with Gasteiger partial charge in [0, 0.05) is 43.7 Å². The second-order valence-electron chi connectivity index (χ2n) is 7.38. The maximum Gasteiger partial charge on any atom is 0.317 e. The van der Waals surface area contributed by atoms with E-state index in [0.717, 1.165) is 12.8 Å². The summed E-state index contributed by atoms with van der Waals surface area (Å²) in [6, 6.07) is 5.66. The van der Waals surface area contributed by atoms with E-state index in [1.807, 2.05) is 0 Å². The molecule has 1 aliphatic carbocycles. The van der Waals surface area contributed by atoms with Crippen LogP contribution in [0.4, 0.5) is 4.79 Å². The second-order valence-corrected chi connectivity index (χ2v) is 7.38. The fraction of sp³-hybridized carbons (Fsp3) is 0.524. The summed E-state index contributed by atoms with van der Waals surface area (Å²) in [4.78, 5) is 28.3. The molecule has 0 spiro atoms. The van der Waals surface area contributed by atoms with Gasteiger partial charge < -0.3 is 24.6 Å². The summed E-state index contributed by atoms with van der Waals surface area (Å²) in [5.41, 5.74) is 0.711. The Kier molecular flexibility index (Phi) is 5.56. The van der Waals surface area contributed by atoms with E-state index in [2.05, 4.69) is 17.2 Å². The monoisotopic (exact) mass is 383 g/mol. The van der Waals surface area contributed by atoms with Crippen LogP contribution in [0.1, 0.15) is 37.7 Å². The molecule has 2 aliphatic heterocycles. The number of hydrogen-bond acceptors (Lipinski definition) is 4. The van der Waals surface area contributed by atoms with E-state index in [-0.39, 0.29) is 18.7 Å². The Morgan fingerprint density at radius 1 is 0.964 bits per heavy atom. The SMILES string of the molecule is O=C(C#Cc1ccc2c(c1)OCO2)N1CCN(C(=O)NC2CCCCC2)CC1. The van der Waals surface area contributed by atoms with Crippen LogP contribution in [-0.2, 0) is 4.79 Å². The highest BCUT2D eigenvalue weighted by Crippen LogP contribution is 2.32. The van der Waals surface area contributed by atoms with Crippen molar-refractivity contribution in [3.8, 4) is 23.3 Å². The molecule has 1 aromatic carbocycles. The summed E-state index contributed by atoms with van der Waals surface area (Å²) < 4.78 is 10.6. The van der Waals surface area contributed by atoms with Crippen molar-refractivity contribution < 1.29 is 19.1 Å². The van der Waals surface area contributed by atoms with Crippen LogP contribution in [0.2, 0.25) is 0 Å². The van der Waals surface area contributed by atoms with Gasteiger partial charge in [0.1, 0.15) is 0 Å². The number of benzene rings is 1. The molecular weight excluding hydrogens is 358 g/mol. The van der Waals surface area contributed by atoms with Gasteiger partial charge in [-0.3, -0.25) is 4.79 Å². The van der Waals surface area contributed by atoms with Gasteiger partial charge in [0.05, 0.1) is 0 Å². The minimum absolute atomic E-state index is 0.00885.